The Morgan fingerprint density at radius 1 is 0.969 bits per heavy atom. The van der Waals surface area contributed by atoms with Crippen LogP contribution >= 0.6 is 0 Å². The molecule has 0 saturated carbocycles. The van der Waals surface area contributed by atoms with Crippen LogP contribution in [0.1, 0.15) is 41.5 Å². The highest BCUT2D eigenvalue weighted by molar-refractivity contribution is 5.99. The number of amides is 3. The Hall–Kier alpha value is -3.69. The second kappa shape index (κ2) is 11.1. The predicted octanol–water partition coefficient (Wildman–Crippen LogP) is 2.59. The maximum absolute atomic E-state index is 13.9. The Labute approximate surface area is 184 Å². The molecule has 2 aromatic rings. The minimum atomic E-state index is -1.17. The maximum atomic E-state index is 13.9. The molecule has 0 saturated heterocycles. The Bertz CT molecular complexity index is 977. The van der Waals surface area contributed by atoms with E-state index in [9.17, 15) is 23.2 Å². The van der Waals surface area contributed by atoms with Crippen LogP contribution in [0.3, 0.4) is 0 Å². The molecule has 0 aliphatic heterocycles. The van der Waals surface area contributed by atoms with Gasteiger partial charge in [-0.15, -0.1) is 0 Å². The number of carbonyl (C=O) groups is 3. The van der Waals surface area contributed by atoms with Gasteiger partial charge in [-0.3, -0.25) is 25.2 Å². The molecule has 3 N–H and O–H groups in total. The Morgan fingerprint density at radius 3 is 2.19 bits per heavy atom. The van der Waals surface area contributed by atoms with Gasteiger partial charge in [0.2, 0.25) is 0 Å². The van der Waals surface area contributed by atoms with Gasteiger partial charge < -0.3 is 14.8 Å². The quantitative estimate of drug-likeness (QED) is 0.538. The third-order valence-electron chi connectivity index (χ3n) is 4.45. The number of hydrazine groups is 1. The normalized spacial score (nSPS) is 11.5. The van der Waals surface area contributed by atoms with Gasteiger partial charge >= 0.3 is 0 Å². The summed E-state index contributed by atoms with van der Waals surface area (Å²) in [6, 6.07) is 6.31. The fraction of sp³-hybridized carbons (Fsp3) is 0.318. The van der Waals surface area contributed by atoms with E-state index < -0.39 is 46.9 Å². The van der Waals surface area contributed by atoms with E-state index in [1.54, 1.807) is 26.8 Å². The SMILES string of the molecule is CCOc1ccc(C(=O)NNC(=O)[C@@H](NC(=O)c2c(F)cccc2F)C(C)C)cc1OC. The molecule has 0 radical (unpaired) electrons. The van der Waals surface area contributed by atoms with Gasteiger partial charge in [0, 0.05) is 5.56 Å². The average Bonchev–Trinajstić information content (AvgIpc) is 2.75. The highest BCUT2D eigenvalue weighted by atomic mass is 19.1. The van der Waals surface area contributed by atoms with Gasteiger partial charge in [0.15, 0.2) is 11.5 Å². The van der Waals surface area contributed by atoms with Crippen LogP contribution in [0.15, 0.2) is 36.4 Å². The largest absolute Gasteiger partial charge is 0.493 e. The maximum Gasteiger partial charge on any atom is 0.269 e. The molecule has 0 bridgehead atoms. The molecular weight excluding hydrogens is 424 g/mol. The van der Waals surface area contributed by atoms with Crippen LogP contribution < -0.4 is 25.6 Å². The average molecular weight is 449 g/mol. The summed E-state index contributed by atoms with van der Waals surface area (Å²) >= 11 is 0. The number of nitrogens with one attached hydrogen (secondary N) is 3. The molecule has 8 nitrogen and oxygen atoms in total. The van der Waals surface area contributed by atoms with Crippen LogP contribution in [0.4, 0.5) is 8.78 Å². The van der Waals surface area contributed by atoms with Crippen LogP contribution in [-0.2, 0) is 4.79 Å². The standard InChI is InChI=1S/C22H25F2N3O5/c1-5-32-16-10-9-13(11-17(16)31-4)20(28)26-27-22(30)19(12(2)3)25-21(29)18-14(23)7-6-8-15(18)24/h6-12,19H,5H2,1-4H3,(H,25,29)(H,26,28)(H,27,30)/t19-/m0/s1. The smallest absolute Gasteiger partial charge is 0.269 e. The Morgan fingerprint density at radius 2 is 1.62 bits per heavy atom. The van der Waals surface area contributed by atoms with Crippen molar-refractivity contribution in [2.75, 3.05) is 13.7 Å². The lowest BCUT2D eigenvalue weighted by Crippen LogP contribution is -2.54. The fourth-order valence-corrected chi connectivity index (χ4v) is 2.81. The molecule has 0 unspecified atom stereocenters. The zero-order chi connectivity index (χ0) is 23.8. The first-order chi connectivity index (χ1) is 15.2. The number of hydrogen-bond donors (Lipinski definition) is 3. The number of methoxy groups -OCH3 is 1. The summed E-state index contributed by atoms with van der Waals surface area (Å²) < 4.78 is 38.3. The first kappa shape index (κ1) is 24.6. The highest BCUT2D eigenvalue weighted by Crippen LogP contribution is 2.27. The topological polar surface area (TPSA) is 106 Å². The summed E-state index contributed by atoms with van der Waals surface area (Å²) in [5.41, 5.74) is 3.84. The first-order valence-electron chi connectivity index (χ1n) is 9.85. The summed E-state index contributed by atoms with van der Waals surface area (Å²) in [5.74, 6) is -4.26. The van der Waals surface area contributed by atoms with Crippen molar-refractivity contribution in [1.29, 1.82) is 0 Å². The van der Waals surface area contributed by atoms with Crippen molar-refractivity contribution in [3.8, 4) is 11.5 Å². The van der Waals surface area contributed by atoms with Gasteiger partial charge in [0.25, 0.3) is 17.7 Å². The number of ether oxygens (including phenoxy) is 2. The van der Waals surface area contributed by atoms with E-state index >= 15 is 0 Å². The van der Waals surface area contributed by atoms with Gasteiger partial charge in [-0.05, 0) is 43.2 Å². The molecule has 10 heteroatoms. The molecule has 0 spiro atoms. The summed E-state index contributed by atoms with van der Waals surface area (Å²) in [6.45, 7) is 5.47. The van der Waals surface area contributed by atoms with Gasteiger partial charge in [0.1, 0.15) is 23.2 Å². The van der Waals surface area contributed by atoms with Crippen LogP contribution in [0.25, 0.3) is 0 Å². The molecule has 1 atom stereocenters. The van der Waals surface area contributed by atoms with E-state index in [1.165, 1.54) is 19.2 Å². The second-order valence-corrected chi connectivity index (χ2v) is 7.03. The fourth-order valence-electron chi connectivity index (χ4n) is 2.81. The third-order valence-corrected chi connectivity index (χ3v) is 4.45. The zero-order valence-electron chi connectivity index (χ0n) is 18.1. The molecule has 32 heavy (non-hydrogen) atoms. The van der Waals surface area contributed by atoms with Crippen LogP contribution in [-0.4, -0.2) is 37.5 Å². The monoisotopic (exact) mass is 449 g/mol. The van der Waals surface area contributed by atoms with Crippen LogP contribution in [0.2, 0.25) is 0 Å². The lowest BCUT2D eigenvalue weighted by Gasteiger charge is -2.22. The van der Waals surface area contributed by atoms with E-state index in [1.807, 2.05) is 0 Å². The van der Waals surface area contributed by atoms with Crippen molar-refractivity contribution in [3.63, 3.8) is 0 Å². The zero-order valence-corrected chi connectivity index (χ0v) is 18.1. The first-order valence-corrected chi connectivity index (χ1v) is 9.85. The lowest BCUT2D eigenvalue weighted by molar-refractivity contribution is -0.124. The second-order valence-electron chi connectivity index (χ2n) is 7.03. The molecule has 3 amide bonds. The van der Waals surface area contributed by atoms with E-state index in [2.05, 4.69) is 16.2 Å². The van der Waals surface area contributed by atoms with Crippen LogP contribution in [0, 0.1) is 17.6 Å². The summed E-state index contributed by atoms with van der Waals surface area (Å²) in [6.07, 6.45) is 0. The Kier molecular flexibility index (Phi) is 8.51. The van der Waals surface area contributed by atoms with Gasteiger partial charge in [-0.1, -0.05) is 19.9 Å². The van der Waals surface area contributed by atoms with E-state index in [-0.39, 0.29) is 5.56 Å². The third kappa shape index (κ3) is 5.93. The van der Waals surface area contributed by atoms with Crippen molar-refractivity contribution in [2.24, 2.45) is 5.92 Å². The molecule has 0 heterocycles. The Balaban J connectivity index is 2.07. The van der Waals surface area contributed by atoms with Crippen LogP contribution in [0.5, 0.6) is 11.5 Å². The van der Waals surface area contributed by atoms with Gasteiger partial charge in [0.05, 0.1) is 13.7 Å². The molecule has 0 aliphatic rings. The summed E-state index contributed by atoms with van der Waals surface area (Å²) in [5, 5.41) is 2.30. The van der Waals surface area contributed by atoms with Crippen molar-refractivity contribution < 1.29 is 32.6 Å². The minimum Gasteiger partial charge on any atom is -0.493 e. The van der Waals surface area contributed by atoms with E-state index in [0.29, 0.717) is 18.1 Å². The minimum absolute atomic E-state index is 0.184. The number of carbonyl (C=O) groups excluding carboxylic acids is 3. The molecule has 0 fully saturated rings. The van der Waals surface area contributed by atoms with E-state index in [0.717, 1.165) is 18.2 Å². The molecule has 0 aliphatic carbocycles. The molecule has 172 valence electrons. The predicted molar refractivity (Wildman–Crippen MR) is 112 cm³/mol. The van der Waals surface area contributed by atoms with Gasteiger partial charge in [-0.2, -0.15) is 0 Å². The van der Waals surface area contributed by atoms with E-state index in [4.69, 9.17) is 9.47 Å². The lowest BCUT2D eigenvalue weighted by atomic mass is 10.0. The molecule has 2 rings (SSSR count). The molecule has 2 aromatic carbocycles. The molecular formula is C22H25F2N3O5. The summed E-state index contributed by atoms with van der Waals surface area (Å²) in [4.78, 5) is 37.3. The summed E-state index contributed by atoms with van der Waals surface area (Å²) in [7, 11) is 1.43. The van der Waals surface area contributed by atoms with Crippen molar-refractivity contribution >= 4 is 17.7 Å². The van der Waals surface area contributed by atoms with Crippen molar-refractivity contribution in [1.82, 2.24) is 16.2 Å². The number of halogens is 2. The van der Waals surface area contributed by atoms with Crippen molar-refractivity contribution in [2.45, 2.75) is 26.8 Å². The number of benzene rings is 2. The van der Waals surface area contributed by atoms with Gasteiger partial charge in [-0.25, -0.2) is 8.78 Å². The van der Waals surface area contributed by atoms with Crippen molar-refractivity contribution in [3.05, 3.63) is 59.2 Å². The number of hydrogen-bond acceptors (Lipinski definition) is 5. The molecule has 0 aromatic heterocycles. The number of rotatable bonds is 8. The highest BCUT2D eigenvalue weighted by Gasteiger charge is 2.27.